The molecular weight excluding hydrogens is 1110 g/mol. The van der Waals surface area contributed by atoms with Gasteiger partial charge in [0.1, 0.15) is 54.9 Å². The van der Waals surface area contributed by atoms with Gasteiger partial charge in [-0.15, -0.1) is 0 Å². The molecule has 0 radical (unpaired) electrons. The van der Waals surface area contributed by atoms with Crippen LogP contribution in [0.1, 0.15) is 101 Å². The predicted molar refractivity (Wildman–Crippen MR) is 315 cm³/mol. The number of carbonyl (C=O) groups excluding carboxylic acids is 2. The number of rotatable bonds is 20. The highest BCUT2D eigenvalue weighted by atomic mass is 28.4. The quantitative estimate of drug-likeness (QED) is 0.0265. The summed E-state index contributed by atoms with van der Waals surface area (Å²) in [5.41, 5.74) is 12.2. The van der Waals surface area contributed by atoms with E-state index in [2.05, 4.69) is 95.9 Å². The molecule has 0 amide bonds. The van der Waals surface area contributed by atoms with E-state index in [-0.39, 0.29) is 30.8 Å². The monoisotopic (exact) mass is 1200 g/mol. The fourth-order valence-electron chi connectivity index (χ4n) is 12.1. The minimum absolute atomic E-state index is 0.00529. The number of hydrogen-bond donors (Lipinski definition) is 0. The van der Waals surface area contributed by atoms with Crippen molar-refractivity contribution in [2.75, 3.05) is 13.2 Å². The van der Waals surface area contributed by atoms with Crippen LogP contribution in [0.3, 0.4) is 0 Å². The molecule has 4 aromatic carbocycles. The number of esters is 2. The van der Waals surface area contributed by atoms with E-state index in [9.17, 15) is 15.1 Å². The molecule has 5 fully saturated rings. The minimum atomic E-state index is -3.24. The first-order valence-electron chi connectivity index (χ1n) is 29.3. The SMILES string of the molecule is CC(=O)O[C@H]1[C@H](OCc2ccccc2)[C@H](O[C@H]2[C@H](O[C@@H]3[C@@H](N=[N+]=[N-])[C@H](O[Si](C)(C)C(C)(C)C(C)C)O[C@@H]4COC(c5ccccc5)O[C@@H]34)O[C@H](CO[Si](c3ccccc3)(c3ccccc3)C(C)(C)C)[C@@H]3OC(C)(C)O[C@@H]32)O[C@@H](C)[C@H]1OC(C)=O. The molecule has 21 heteroatoms. The van der Waals surface area contributed by atoms with Crippen molar-refractivity contribution < 1.29 is 75.3 Å². The van der Waals surface area contributed by atoms with Crippen molar-refractivity contribution in [3.05, 3.63) is 143 Å². The molecule has 456 valence electrons. The first-order valence-corrected chi connectivity index (χ1v) is 34.1. The standard InChI is InChI=1S/C63H85N3O16Si2/c1-38(2)62(9,10)83(13,14)82-58-48(65-66-64)52(50-46(75-58)36-70-57(77-50)43-29-21-16-22-30-43)78-60-56(79-59-55(69-35-42-27-19-15-20-28-42)53(74-41(5)68)49(39(3)72-59)73-40(4)67)54-51(80-63(11,12)81-54)47(76-60)37-71-84(61(6,7)8,44-31-23-17-24-32-44)45-33-25-18-26-34-45/h15-34,38-39,46-60H,35-37H2,1-14H3/t39-,46+,47+,48+,49+,50+,51-,52+,53+,54-,55-,56+,57?,58-,59-,60-/m0/s1. The summed E-state index contributed by atoms with van der Waals surface area (Å²) in [5.74, 6) is -2.28. The molecule has 16 atom stereocenters. The molecule has 5 aliphatic rings. The third-order valence-corrected chi connectivity index (χ3v) is 27.0. The highest BCUT2D eigenvalue weighted by Gasteiger charge is 2.63. The van der Waals surface area contributed by atoms with E-state index in [0.29, 0.717) is 0 Å². The molecular formula is C63H85N3O16Si2. The molecule has 0 aromatic heterocycles. The maximum Gasteiger partial charge on any atom is 0.303 e. The van der Waals surface area contributed by atoms with E-state index in [0.717, 1.165) is 21.5 Å². The smallest absolute Gasteiger partial charge is 0.303 e. The summed E-state index contributed by atoms with van der Waals surface area (Å²) in [7, 11) is -6.02. The van der Waals surface area contributed by atoms with Gasteiger partial charge in [-0.3, -0.25) is 9.59 Å². The summed E-state index contributed by atoms with van der Waals surface area (Å²) in [6, 6.07) is 38.4. The van der Waals surface area contributed by atoms with Gasteiger partial charge in [0.05, 0.1) is 25.9 Å². The molecule has 1 unspecified atom stereocenters. The van der Waals surface area contributed by atoms with Crippen molar-refractivity contribution in [1.82, 2.24) is 0 Å². The van der Waals surface area contributed by atoms with Gasteiger partial charge in [-0.2, -0.15) is 0 Å². The van der Waals surface area contributed by atoms with E-state index in [1.54, 1.807) is 6.92 Å². The number of azide groups is 1. The Morgan fingerprint density at radius 1 is 0.690 bits per heavy atom. The minimum Gasteiger partial charge on any atom is -0.456 e. The van der Waals surface area contributed by atoms with Crippen LogP contribution in [0.5, 0.6) is 0 Å². The Kier molecular flexibility index (Phi) is 19.8. The first-order chi connectivity index (χ1) is 39.8. The summed E-state index contributed by atoms with van der Waals surface area (Å²) >= 11 is 0. The van der Waals surface area contributed by atoms with Gasteiger partial charge < -0.3 is 65.7 Å². The Hall–Kier alpha value is -4.92. The molecule has 0 spiro atoms. The molecule has 5 saturated heterocycles. The largest absolute Gasteiger partial charge is 0.456 e. The Labute approximate surface area is 496 Å². The van der Waals surface area contributed by atoms with Gasteiger partial charge in [-0.05, 0) is 71.3 Å². The highest BCUT2D eigenvalue weighted by Crippen LogP contribution is 2.49. The number of hydrogen-bond acceptors (Lipinski definition) is 17. The Morgan fingerprint density at radius 3 is 1.81 bits per heavy atom. The second kappa shape index (κ2) is 26.2. The molecule has 84 heavy (non-hydrogen) atoms. The van der Waals surface area contributed by atoms with Crippen molar-refractivity contribution in [3.8, 4) is 0 Å². The number of fused-ring (bicyclic) bond motifs is 2. The van der Waals surface area contributed by atoms with Crippen LogP contribution in [-0.2, 0) is 81.9 Å². The third-order valence-electron chi connectivity index (χ3n) is 17.5. The van der Waals surface area contributed by atoms with Crippen molar-refractivity contribution in [2.24, 2.45) is 11.0 Å². The topological polar surface area (TPSA) is 212 Å². The maximum absolute atomic E-state index is 13.1. The molecule has 19 nitrogen and oxygen atoms in total. The lowest BCUT2D eigenvalue weighted by Gasteiger charge is -2.53. The Morgan fingerprint density at radius 2 is 1.24 bits per heavy atom. The maximum atomic E-state index is 13.1. The van der Waals surface area contributed by atoms with Crippen LogP contribution in [0, 0.1) is 5.92 Å². The molecule has 9 rings (SSSR count). The second-order valence-electron chi connectivity index (χ2n) is 25.3. The van der Waals surface area contributed by atoms with Gasteiger partial charge in [-0.25, -0.2) is 0 Å². The Bertz CT molecular complexity index is 2820. The molecule has 0 saturated carbocycles. The van der Waals surface area contributed by atoms with Crippen LogP contribution in [0.25, 0.3) is 10.4 Å². The van der Waals surface area contributed by atoms with Crippen molar-refractivity contribution in [2.45, 2.75) is 217 Å². The predicted octanol–water partition coefficient (Wildman–Crippen LogP) is 9.95. The summed E-state index contributed by atoms with van der Waals surface area (Å²) in [5, 5.41) is 5.87. The van der Waals surface area contributed by atoms with E-state index < -0.39 is 138 Å². The normalized spacial score (nSPS) is 31.7. The van der Waals surface area contributed by atoms with Gasteiger partial charge in [0.25, 0.3) is 8.32 Å². The average molecular weight is 1200 g/mol. The van der Waals surface area contributed by atoms with Gasteiger partial charge in [0.15, 0.2) is 51.5 Å². The molecule has 5 heterocycles. The Balaban J connectivity index is 1.18. The van der Waals surface area contributed by atoms with Crippen LogP contribution in [-0.4, -0.2) is 140 Å². The molecule has 0 aliphatic carbocycles. The number of ether oxygens (including phenoxy) is 12. The zero-order chi connectivity index (χ0) is 60.4. The van der Waals surface area contributed by atoms with Crippen LogP contribution in [0.4, 0.5) is 0 Å². The molecule has 4 aromatic rings. The third kappa shape index (κ3) is 13.6. The molecule has 0 bridgehead atoms. The van der Waals surface area contributed by atoms with Gasteiger partial charge in [0, 0.05) is 24.3 Å². The average Bonchev–Trinajstić information content (AvgIpc) is 2.22. The first kappa shape index (κ1) is 63.6. The second-order valence-corrected chi connectivity index (χ2v) is 34.2. The van der Waals surface area contributed by atoms with Crippen LogP contribution in [0.2, 0.25) is 23.2 Å². The fourth-order valence-corrected chi connectivity index (χ4v) is 19.2. The van der Waals surface area contributed by atoms with E-state index in [4.69, 9.17) is 65.7 Å². The zero-order valence-corrected chi connectivity index (χ0v) is 52.9. The summed E-state index contributed by atoms with van der Waals surface area (Å²) in [4.78, 5) is 29.3. The van der Waals surface area contributed by atoms with E-state index >= 15 is 0 Å². The van der Waals surface area contributed by atoms with Crippen LogP contribution >= 0.6 is 0 Å². The van der Waals surface area contributed by atoms with E-state index in [1.165, 1.54) is 13.8 Å². The zero-order valence-electron chi connectivity index (χ0n) is 50.9. The van der Waals surface area contributed by atoms with Crippen LogP contribution < -0.4 is 10.4 Å². The van der Waals surface area contributed by atoms with Gasteiger partial charge in [0.2, 0.25) is 0 Å². The number of nitrogens with zero attached hydrogens (tertiary/aromatic N) is 3. The summed E-state index contributed by atoms with van der Waals surface area (Å²) in [6.07, 6.45) is -16.3. The lowest BCUT2D eigenvalue weighted by molar-refractivity contribution is -0.387. The van der Waals surface area contributed by atoms with Crippen LogP contribution in [0.15, 0.2) is 126 Å². The summed E-state index contributed by atoms with van der Waals surface area (Å²) < 4.78 is 96.7. The lowest BCUT2D eigenvalue weighted by atomic mass is 9.94. The van der Waals surface area contributed by atoms with Crippen molar-refractivity contribution >= 4 is 38.9 Å². The fraction of sp³-hybridized carbons (Fsp3) is 0.587. The number of benzene rings is 4. The summed E-state index contributed by atoms with van der Waals surface area (Å²) in [6.45, 7) is 27.5. The lowest BCUT2D eigenvalue weighted by Crippen LogP contribution is -2.69. The number of carbonyl (C=O) groups is 2. The molecule has 5 aliphatic heterocycles. The van der Waals surface area contributed by atoms with Gasteiger partial charge >= 0.3 is 11.9 Å². The van der Waals surface area contributed by atoms with E-state index in [1.807, 2.05) is 111 Å². The highest BCUT2D eigenvalue weighted by molar-refractivity contribution is 6.99. The van der Waals surface area contributed by atoms with Gasteiger partial charge in [-0.1, -0.05) is 175 Å². The van der Waals surface area contributed by atoms with Crippen molar-refractivity contribution in [1.29, 1.82) is 0 Å². The van der Waals surface area contributed by atoms with Crippen molar-refractivity contribution in [3.63, 3.8) is 0 Å². The molecule has 0 N–H and O–H groups in total.